The molecule has 1 saturated carbocycles. The molecule has 3 rings (SSSR count). The van der Waals surface area contributed by atoms with E-state index in [1.165, 1.54) is 6.07 Å². The first-order chi connectivity index (χ1) is 13.1. The molecule has 154 valence electrons. The minimum absolute atomic E-state index is 0.0134. The van der Waals surface area contributed by atoms with E-state index in [0.29, 0.717) is 24.3 Å². The molecule has 1 heterocycles. The molecule has 2 aliphatic rings. The zero-order valence-corrected chi connectivity index (χ0v) is 16.7. The van der Waals surface area contributed by atoms with Crippen molar-refractivity contribution in [3.05, 3.63) is 35.6 Å². The van der Waals surface area contributed by atoms with E-state index in [-0.39, 0.29) is 36.9 Å². The third-order valence-corrected chi connectivity index (χ3v) is 5.54. The molecule has 6 nitrogen and oxygen atoms in total. The van der Waals surface area contributed by atoms with E-state index < -0.39 is 17.7 Å². The van der Waals surface area contributed by atoms with Crippen molar-refractivity contribution in [3.63, 3.8) is 0 Å². The molecule has 0 aromatic heterocycles. The van der Waals surface area contributed by atoms with Crippen molar-refractivity contribution >= 4 is 11.9 Å². The zero-order valence-electron chi connectivity index (χ0n) is 16.7. The van der Waals surface area contributed by atoms with Crippen molar-refractivity contribution < 1.29 is 23.8 Å². The SMILES string of the molecule is C[C@@H]1CC(C)(C)C[C@]2(C1)NC(=O)N(C[C@@H](O)COCc1ccccc1F)C2=O. The molecule has 2 N–H and O–H groups in total. The Labute approximate surface area is 165 Å². The number of aliphatic hydroxyl groups is 1. The third-order valence-electron chi connectivity index (χ3n) is 5.54. The van der Waals surface area contributed by atoms with Gasteiger partial charge in [0, 0.05) is 5.56 Å². The summed E-state index contributed by atoms with van der Waals surface area (Å²) in [6, 6.07) is 5.78. The summed E-state index contributed by atoms with van der Waals surface area (Å²) >= 11 is 0. The van der Waals surface area contributed by atoms with Crippen molar-refractivity contribution in [1.29, 1.82) is 0 Å². The molecule has 0 radical (unpaired) electrons. The molecule has 0 bridgehead atoms. The van der Waals surface area contributed by atoms with Gasteiger partial charge in [-0.15, -0.1) is 0 Å². The van der Waals surface area contributed by atoms with Gasteiger partial charge in [-0.3, -0.25) is 9.69 Å². The lowest BCUT2D eigenvalue weighted by Gasteiger charge is -2.43. The Balaban J connectivity index is 1.57. The van der Waals surface area contributed by atoms with Gasteiger partial charge in [0.05, 0.1) is 25.9 Å². The normalized spacial score (nSPS) is 27.9. The molecule has 1 aliphatic heterocycles. The number of hydrogen-bond acceptors (Lipinski definition) is 4. The van der Waals surface area contributed by atoms with Gasteiger partial charge in [0.25, 0.3) is 5.91 Å². The highest BCUT2D eigenvalue weighted by atomic mass is 19.1. The van der Waals surface area contributed by atoms with Crippen LogP contribution < -0.4 is 5.32 Å². The molecule has 7 heteroatoms. The number of nitrogens with one attached hydrogen (secondary N) is 1. The standard InChI is InChI=1S/C21H29FN2O4/c1-14-8-20(2,3)13-21(9-14)18(26)24(19(27)23-21)10-16(25)12-28-11-15-6-4-5-7-17(15)22/h4-7,14,16,25H,8-13H2,1-3H3,(H,23,27)/t14-,16-,21+/m1/s1. The fraction of sp³-hybridized carbons (Fsp3) is 0.619. The topological polar surface area (TPSA) is 78.9 Å². The summed E-state index contributed by atoms with van der Waals surface area (Å²) in [5.41, 5.74) is -0.536. The number of aliphatic hydroxyl groups excluding tert-OH is 1. The van der Waals surface area contributed by atoms with E-state index in [9.17, 15) is 19.1 Å². The Kier molecular flexibility index (Phi) is 5.77. The van der Waals surface area contributed by atoms with Crippen molar-refractivity contribution in [2.24, 2.45) is 11.3 Å². The Morgan fingerprint density at radius 1 is 1.32 bits per heavy atom. The third kappa shape index (κ3) is 4.36. The molecule has 1 spiro atoms. The smallest absolute Gasteiger partial charge is 0.325 e. The molecule has 3 amide bonds. The van der Waals surface area contributed by atoms with Gasteiger partial charge in [0.15, 0.2) is 0 Å². The van der Waals surface area contributed by atoms with Gasteiger partial charge in [0.2, 0.25) is 0 Å². The number of urea groups is 1. The highest BCUT2D eigenvalue weighted by Crippen LogP contribution is 2.46. The maximum absolute atomic E-state index is 13.6. The van der Waals surface area contributed by atoms with Crippen LogP contribution in [0.3, 0.4) is 0 Å². The maximum Gasteiger partial charge on any atom is 0.325 e. The number of halogens is 1. The first-order valence-electron chi connectivity index (χ1n) is 9.75. The van der Waals surface area contributed by atoms with Crippen LogP contribution in [0, 0.1) is 17.2 Å². The number of carbonyl (C=O) groups is 2. The van der Waals surface area contributed by atoms with Gasteiger partial charge < -0.3 is 15.2 Å². The van der Waals surface area contributed by atoms with E-state index in [0.717, 1.165) is 11.3 Å². The fourth-order valence-corrected chi connectivity index (χ4v) is 4.86. The summed E-state index contributed by atoms with van der Waals surface area (Å²) in [6.07, 6.45) is 1.17. The molecule has 28 heavy (non-hydrogen) atoms. The van der Waals surface area contributed by atoms with Gasteiger partial charge in [-0.2, -0.15) is 0 Å². The molecule has 3 atom stereocenters. The van der Waals surface area contributed by atoms with E-state index in [4.69, 9.17) is 4.74 Å². The second kappa shape index (κ2) is 7.79. The molecule has 0 unspecified atom stereocenters. The van der Waals surface area contributed by atoms with E-state index in [1.54, 1.807) is 18.2 Å². The zero-order chi connectivity index (χ0) is 20.5. The average molecular weight is 392 g/mol. The first kappa shape index (κ1) is 20.7. The molecule has 1 aliphatic carbocycles. The maximum atomic E-state index is 13.6. The molecule has 2 fully saturated rings. The van der Waals surface area contributed by atoms with Crippen LogP contribution in [0.2, 0.25) is 0 Å². The van der Waals surface area contributed by atoms with Crippen LogP contribution in [0.1, 0.15) is 45.6 Å². The lowest BCUT2D eigenvalue weighted by molar-refractivity contribution is -0.136. The van der Waals surface area contributed by atoms with Crippen molar-refractivity contribution in [2.45, 2.75) is 58.3 Å². The monoisotopic (exact) mass is 392 g/mol. The number of nitrogens with zero attached hydrogens (tertiary/aromatic N) is 1. The number of ether oxygens (including phenoxy) is 1. The average Bonchev–Trinajstić information content (AvgIpc) is 2.78. The van der Waals surface area contributed by atoms with Gasteiger partial charge in [-0.05, 0) is 36.7 Å². The highest BCUT2D eigenvalue weighted by molar-refractivity contribution is 6.07. The number of amides is 3. The summed E-state index contributed by atoms with van der Waals surface area (Å²) in [6.45, 7) is 6.09. The number of carbonyl (C=O) groups excluding carboxylic acids is 2. The summed E-state index contributed by atoms with van der Waals surface area (Å²) in [5, 5.41) is 13.1. The summed E-state index contributed by atoms with van der Waals surface area (Å²) in [7, 11) is 0. The van der Waals surface area contributed by atoms with Crippen LogP contribution >= 0.6 is 0 Å². The predicted octanol–water partition coefficient (Wildman–Crippen LogP) is 2.84. The lowest BCUT2D eigenvalue weighted by atomic mass is 9.64. The Morgan fingerprint density at radius 2 is 2.04 bits per heavy atom. The summed E-state index contributed by atoms with van der Waals surface area (Å²) in [5.74, 6) is -0.325. The van der Waals surface area contributed by atoms with Gasteiger partial charge >= 0.3 is 6.03 Å². The Morgan fingerprint density at radius 3 is 2.71 bits per heavy atom. The second-order valence-electron chi connectivity index (χ2n) is 9.04. The second-order valence-corrected chi connectivity index (χ2v) is 9.04. The van der Waals surface area contributed by atoms with E-state index >= 15 is 0 Å². The number of imide groups is 1. The molecular formula is C21H29FN2O4. The van der Waals surface area contributed by atoms with Crippen LogP contribution in [0.25, 0.3) is 0 Å². The molecule has 1 aromatic carbocycles. The number of hydrogen-bond donors (Lipinski definition) is 2. The Hall–Kier alpha value is -1.99. The van der Waals surface area contributed by atoms with Crippen LogP contribution in [0.15, 0.2) is 24.3 Å². The van der Waals surface area contributed by atoms with Crippen molar-refractivity contribution in [2.75, 3.05) is 13.2 Å². The largest absolute Gasteiger partial charge is 0.389 e. The number of rotatable bonds is 6. The minimum Gasteiger partial charge on any atom is -0.389 e. The first-order valence-corrected chi connectivity index (χ1v) is 9.75. The van der Waals surface area contributed by atoms with E-state index in [2.05, 4.69) is 26.1 Å². The summed E-state index contributed by atoms with van der Waals surface area (Å²) < 4.78 is 19.0. The number of β-amino-alcohol motifs (C(OH)–C–C–N with tert-alkyl or cyclic N) is 1. The van der Waals surface area contributed by atoms with Crippen LogP contribution in [0.5, 0.6) is 0 Å². The lowest BCUT2D eigenvalue weighted by Crippen LogP contribution is -2.54. The van der Waals surface area contributed by atoms with Crippen LogP contribution in [0.4, 0.5) is 9.18 Å². The van der Waals surface area contributed by atoms with Crippen LogP contribution in [-0.4, -0.2) is 46.7 Å². The predicted molar refractivity (Wildman–Crippen MR) is 102 cm³/mol. The fourth-order valence-electron chi connectivity index (χ4n) is 4.86. The highest BCUT2D eigenvalue weighted by Gasteiger charge is 2.56. The summed E-state index contributed by atoms with van der Waals surface area (Å²) in [4.78, 5) is 26.6. The quantitative estimate of drug-likeness (QED) is 0.730. The van der Waals surface area contributed by atoms with Crippen LogP contribution in [-0.2, 0) is 16.1 Å². The van der Waals surface area contributed by atoms with E-state index in [1.807, 2.05) is 0 Å². The minimum atomic E-state index is -1.04. The molecular weight excluding hydrogens is 363 g/mol. The molecule has 1 aromatic rings. The number of benzene rings is 1. The van der Waals surface area contributed by atoms with Crippen molar-refractivity contribution in [3.8, 4) is 0 Å². The Bertz CT molecular complexity index is 754. The van der Waals surface area contributed by atoms with Gasteiger partial charge in [-0.1, -0.05) is 39.0 Å². The van der Waals surface area contributed by atoms with Gasteiger partial charge in [0.1, 0.15) is 11.4 Å². The molecule has 1 saturated heterocycles. The van der Waals surface area contributed by atoms with Gasteiger partial charge in [-0.25, -0.2) is 9.18 Å². The van der Waals surface area contributed by atoms with Crippen molar-refractivity contribution in [1.82, 2.24) is 10.2 Å².